The first-order valence-electron chi connectivity index (χ1n) is 19.7. The number of amides is 5. The highest BCUT2D eigenvalue weighted by Gasteiger charge is 2.33. The normalized spacial score (nSPS) is 23.2. The molecule has 55 heavy (non-hydrogen) atoms. The molecule has 1 aromatic carbocycles. The first-order chi connectivity index (χ1) is 26.4. The average Bonchev–Trinajstić information content (AvgIpc) is 3.16. The molecule has 0 saturated heterocycles. The molecule has 306 valence electrons. The Morgan fingerprint density at radius 3 is 1.93 bits per heavy atom. The number of carbonyl (C=O) groups excluding carboxylic acids is 5. The molecule has 1 heterocycles. The van der Waals surface area contributed by atoms with E-state index in [4.69, 9.17) is 17.2 Å². The Bertz CT molecular complexity index is 1440. The minimum atomic E-state index is -1.26. The minimum absolute atomic E-state index is 0.00357. The maximum absolute atomic E-state index is 14.0. The third-order valence-electron chi connectivity index (χ3n) is 10.3. The highest BCUT2D eigenvalue weighted by molar-refractivity contribution is 5.96. The van der Waals surface area contributed by atoms with Crippen molar-refractivity contribution in [2.45, 2.75) is 139 Å². The Hall–Kier alpha value is -4.54. The van der Waals surface area contributed by atoms with Crippen molar-refractivity contribution in [3.63, 3.8) is 0 Å². The molecule has 1 aliphatic carbocycles. The van der Waals surface area contributed by atoms with E-state index in [9.17, 15) is 39.0 Å². The van der Waals surface area contributed by atoms with Crippen molar-refractivity contribution in [2.24, 2.45) is 23.1 Å². The number of aliphatic carboxylic acids is 1. The number of hydrogen-bond acceptors (Lipinski definition) is 10. The monoisotopic (exact) mass is 770 g/mol. The smallest absolute Gasteiger partial charge is 0.326 e. The summed E-state index contributed by atoms with van der Waals surface area (Å²) in [6.07, 6.45) is 12.2. The zero-order valence-electron chi connectivity index (χ0n) is 31.8. The van der Waals surface area contributed by atoms with Gasteiger partial charge in [0.05, 0.1) is 6.04 Å². The fraction of sp³-hybridized carbons (Fsp3) is 0.641. The number of rotatable bonds is 18. The molecule has 0 spiro atoms. The van der Waals surface area contributed by atoms with Crippen molar-refractivity contribution in [1.29, 1.82) is 0 Å². The summed E-state index contributed by atoms with van der Waals surface area (Å²) in [5.74, 6) is -4.01. The van der Waals surface area contributed by atoms with Crippen molar-refractivity contribution in [1.82, 2.24) is 26.6 Å². The summed E-state index contributed by atoms with van der Waals surface area (Å²) in [5.41, 5.74) is 18.1. The third-order valence-corrected chi connectivity index (χ3v) is 10.3. The molecule has 16 heteroatoms. The third kappa shape index (κ3) is 16.0. The standard InChI is InChI=1S/C39H62N8O8/c40-22-8-6-14-29-35(50)45-31(15-7-9-23-41)36(51)44-30(13-5-4-12-28(42)34(49)43-29)37(52)47-33(24-26-16-19-27(48)20-17-26)38(53)46-32(39(54)55)21-18-25-10-2-1-3-11-25/h4-5,16-17,19-20,25,28-33,48H,1-3,6-15,18,21-24,40-42H2,(H,43,49)(H,44,51)(H,45,50)(H,46,53)(H,47,52)(H,54,55)/b5-4+/t28-,29-,30-,31-,32-,33-/m0/s1. The van der Waals surface area contributed by atoms with Gasteiger partial charge in [0.25, 0.3) is 0 Å². The lowest BCUT2D eigenvalue weighted by Gasteiger charge is -2.28. The van der Waals surface area contributed by atoms with Crippen LogP contribution in [0.5, 0.6) is 5.75 Å². The number of phenols is 1. The van der Waals surface area contributed by atoms with Gasteiger partial charge in [0.1, 0.15) is 36.0 Å². The summed E-state index contributed by atoms with van der Waals surface area (Å²) in [7, 11) is 0. The Kier molecular flexibility index (Phi) is 19.6. The van der Waals surface area contributed by atoms with Crippen LogP contribution in [0.4, 0.5) is 0 Å². The van der Waals surface area contributed by atoms with E-state index in [0.29, 0.717) is 56.7 Å². The molecule has 1 saturated carbocycles. The van der Waals surface area contributed by atoms with Crippen LogP contribution in [0.1, 0.15) is 102 Å². The lowest BCUT2D eigenvalue weighted by Crippen LogP contribution is -2.59. The van der Waals surface area contributed by atoms with Crippen LogP contribution in [0.15, 0.2) is 36.4 Å². The molecular weight excluding hydrogens is 708 g/mol. The van der Waals surface area contributed by atoms with Crippen LogP contribution in [-0.4, -0.2) is 95.1 Å². The summed E-state index contributed by atoms with van der Waals surface area (Å²) in [4.78, 5) is 80.5. The van der Waals surface area contributed by atoms with Crippen molar-refractivity contribution in [3.05, 3.63) is 42.0 Å². The van der Waals surface area contributed by atoms with Gasteiger partial charge in [-0.25, -0.2) is 4.79 Å². The highest BCUT2D eigenvalue weighted by Crippen LogP contribution is 2.28. The number of nitrogens with one attached hydrogen (secondary N) is 5. The molecular formula is C39H62N8O8. The maximum Gasteiger partial charge on any atom is 0.326 e. The largest absolute Gasteiger partial charge is 0.508 e. The van der Waals surface area contributed by atoms with Gasteiger partial charge in [-0.2, -0.15) is 0 Å². The van der Waals surface area contributed by atoms with Gasteiger partial charge in [0.15, 0.2) is 0 Å². The zero-order chi connectivity index (χ0) is 40.2. The van der Waals surface area contributed by atoms with Gasteiger partial charge in [0, 0.05) is 6.42 Å². The molecule has 2 aliphatic rings. The summed E-state index contributed by atoms with van der Waals surface area (Å²) in [6.45, 7) is 0.764. The van der Waals surface area contributed by atoms with Crippen molar-refractivity contribution in [2.75, 3.05) is 13.1 Å². The Morgan fingerprint density at radius 2 is 1.33 bits per heavy atom. The van der Waals surface area contributed by atoms with Gasteiger partial charge < -0.3 is 54.0 Å². The second-order valence-corrected chi connectivity index (χ2v) is 14.7. The number of aromatic hydroxyl groups is 1. The molecule has 0 aromatic heterocycles. The van der Waals surface area contributed by atoms with Gasteiger partial charge in [-0.15, -0.1) is 0 Å². The van der Waals surface area contributed by atoms with Crippen LogP contribution >= 0.6 is 0 Å². The number of unbranched alkanes of at least 4 members (excludes halogenated alkanes) is 2. The first kappa shape index (κ1) is 44.9. The van der Waals surface area contributed by atoms with Crippen LogP contribution in [0.25, 0.3) is 0 Å². The lowest BCUT2D eigenvalue weighted by atomic mass is 9.85. The molecule has 1 aromatic rings. The number of carboxylic acids is 1. The van der Waals surface area contributed by atoms with Crippen molar-refractivity contribution in [3.8, 4) is 5.75 Å². The van der Waals surface area contributed by atoms with Crippen LogP contribution in [-0.2, 0) is 35.2 Å². The topological polar surface area (TPSA) is 281 Å². The molecule has 6 atom stereocenters. The van der Waals surface area contributed by atoms with Gasteiger partial charge >= 0.3 is 5.97 Å². The van der Waals surface area contributed by atoms with Crippen molar-refractivity contribution < 1.29 is 39.0 Å². The number of carboxylic acid groups (broad SMARTS) is 1. The van der Waals surface area contributed by atoms with Crippen LogP contribution in [0.2, 0.25) is 0 Å². The van der Waals surface area contributed by atoms with E-state index in [1.54, 1.807) is 24.3 Å². The van der Waals surface area contributed by atoms with Gasteiger partial charge in [-0.3, -0.25) is 24.0 Å². The first-order valence-corrected chi connectivity index (χ1v) is 19.7. The van der Waals surface area contributed by atoms with E-state index >= 15 is 0 Å². The molecule has 1 fully saturated rings. The molecule has 0 unspecified atom stereocenters. The number of hydrogen-bond donors (Lipinski definition) is 10. The summed E-state index contributed by atoms with van der Waals surface area (Å²) in [5, 5.41) is 33.4. The number of carbonyl (C=O) groups is 6. The van der Waals surface area contributed by atoms with E-state index in [1.807, 2.05) is 0 Å². The number of benzene rings is 1. The molecule has 5 amide bonds. The number of nitrogens with two attached hydrogens (primary N) is 3. The minimum Gasteiger partial charge on any atom is -0.508 e. The quantitative estimate of drug-likeness (QED) is 0.0734. The van der Waals surface area contributed by atoms with Crippen molar-refractivity contribution >= 4 is 35.5 Å². The molecule has 13 N–H and O–H groups in total. The lowest BCUT2D eigenvalue weighted by molar-refractivity contribution is -0.142. The average molecular weight is 771 g/mol. The van der Waals surface area contributed by atoms with Crippen LogP contribution in [0, 0.1) is 5.92 Å². The molecule has 3 rings (SSSR count). The zero-order valence-corrected chi connectivity index (χ0v) is 31.8. The highest BCUT2D eigenvalue weighted by atomic mass is 16.4. The Morgan fingerprint density at radius 1 is 0.745 bits per heavy atom. The fourth-order valence-corrected chi connectivity index (χ4v) is 6.92. The van der Waals surface area contributed by atoms with Gasteiger partial charge in [-0.1, -0.05) is 56.4 Å². The SMILES string of the molecule is NCCCC[C@@H]1NC(=O)[C@H](CCCCN)NC(=O)[C@@H](N)C/C=C/C[C@@H](C(=O)N[C@@H](Cc2ccc(O)cc2)C(=O)N[C@@H](CCC2CCCCC2)C(=O)O)NC1=O. The predicted octanol–water partition coefficient (Wildman–Crippen LogP) is 0.739. The fourth-order valence-electron chi connectivity index (χ4n) is 6.92. The second-order valence-electron chi connectivity index (χ2n) is 14.7. The molecule has 16 nitrogen and oxygen atoms in total. The van der Waals surface area contributed by atoms with Gasteiger partial charge in [-0.05, 0) is 101 Å². The van der Waals surface area contributed by atoms with Crippen LogP contribution in [0.3, 0.4) is 0 Å². The Balaban J connectivity index is 1.87. The van der Waals surface area contributed by atoms with E-state index < -0.39 is 71.8 Å². The summed E-state index contributed by atoms with van der Waals surface area (Å²) >= 11 is 0. The second kappa shape index (κ2) is 24.1. The molecule has 0 radical (unpaired) electrons. The van der Waals surface area contributed by atoms with E-state index in [-0.39, 0.29) is 44.3 Å². The van der Waals surface area contributed by atoms with E-state index in [1.165, 1.54) is 12.1 Å². The van der Waals surface area contributed by atoms with Crippen LogP contribution < -0.4 is 43.8 Å². The van der Waals surface area contributed by atoms with E-state index in [2.05, 4.69) is 26.6 Å². The molecule has 1 aliphatic heterocycles. The van der Waals surface area contributed by atoms with E-state index in [0.717, 1.165) is 32.1 Å². The van der Waals surface area contributed by atoms with Gasteiger partial charge in [0.2, 0.25) is 29.5 Å². The summed E-state index contributed by atoms with van der Waals surface area (Å²) < 4.78 is 0. The maximum atomic E-state index is 14.0. The Labute approximate surface area is 323 Å². The summed E-state index contributed by atoms with van der Waals surface area (Å²) in [6, 6.07) is -0.674. The molecule has 0 bridgehead atoms. The number of phenolic OH excluding ortho intramolecular Hbond substituents is 1. The predicted molar refractivity (Wildman–Crippen MR) is 207 cm³/mol.